The number of anilines is 2. The van der Waals surface area contributed by atoms with Gasteiger partial charge >= 0.3 is 0 Å². The van der Waals surface area contributed by atoms with Gasteiger partial charge in [-0.2, -0.15) is 11.8 Å². The highest BCUT2D eigenvalue weighted by Crippen LogP contribution is 2.14. The summed E-state index contributed by atoms with van der Waals surface area (Å²) >= 11 is 1.59. The van der Waals surface area contributed by atoms with E-state index in [-0.39, 0.29) is 0 Å². The minimum absolute atomic E-state index is 0.306. The Hall–Kier alpha value is -1.05. The van der Waals surface area contributed by atoms with Gasteiger partial charge in [0.25, 0.3) is 0 Å². The summed E-state index contributed by atoms with van der Waals surface area (Å²) in [6.07, 6.45) is 1.95. The Morgan fingerprint density at radius 2 is 2.28 bits per heavy atom. The van der Waals surface area contributed by atoms with Crippen LogP contribution in [0.2, 0.25) is 0 Å². The van der Waals surface area contributed by atoms with Crippen molar-refractivity contribution in [2.75, 3.05) is 36.7 Å². The van der Waals surface area contributed by atoms with Gasteiger partial charge in [0, 0.05) is 25.5 Å². The summed E-state index contributed by atoms with van der Waals surface area (Å²) in [4.78, 5) is 8.28. The van der Waals surface area contributed by atoms with Crippen molar-refractivity contribution in [1.29, 1.82) is 0 Å². The van der Waals surface area contributed by atoms with Gasteiger partial charge in [0.2, 0.25) is 0 Å². The van der Waals surface area contributed by atoms with Gasteiger partial charge in [0.15, 0.2) is 5.82 Å². The summed E-state index contributed by atoms with van der Waals surface area (Å²) in [7, 11) is 1.57. The topological polar surface area (TPSA) is 93.3 Å². The van der Waals surface area contributed by atoms with Crippen LogP contribution in [0.5, 0.6) is 0 Å². The number of thioether (sulfide) groups is 1. The van der Waals surface area contributed by atoms with Crippen molar-refractivity contribution < 1.29 is 9.84 Å². The van der Waals surface area contributed by atoms with Gasteiger partial charge in [-0.15, -0.1) is 0 Å². The average Bonchev–Trinajstić information content (AvgIpc) is 2.26. The molecule has 4 N–H and O–H groups in total. The van der Waals surface area contributed by atoms with Crippen LogP contribution >= 0.6 is 11.8 Å². The molecule has 0 bridgehead atoms. The first-order valence-corrected chi connectivity index (χ1v) is 6.94. The van der Waals surface area contributed by atoms with Crippen LogP contribution in [0.1, 0.15) is 12.7 Å². The molecule has 0 aromatic carbocycles. The molecule has 0 saturated carbocycles. The van der Waals surface area contributed by atoms with E-state index in [1.165, 1.54) is 0 Å². The number of aliphatic hydroxyl groups is 1. The predicted molar refractivity (Wildman–Crippen MR) is 74.7 cm³/mol. The summed E-state index contributed by atoms with van der Waals surface area (Å²) in [5.41, 5.74) is 4.88. The fraction of sp³-hybridized carbons (Fsp3) is 0.636. The van der Waals surface area contributed by atoms with Crippen molar-refractivity contribution in [1.82, 2.24) is 9.97 Å². The molecule has 0 fully saturated rings. The van der Waals surface area contributed by atoms with E-state index >= 15 is 0 Å². The normalized spacial score (nSPS) is 14.2. The molecule has 18 heavy (non-hydrogen) atoms. The summed E-state index contributed by atoms with van der Waals surface area (Å²) in [6.45, 7) is 2.48. The predicted octanol–water partition coefficient (Wildman–Crippen LogP) is 0.731. The Labute approximate surface area is 111 Å². The van der Waals surface area contributed by atoms with E-state index in [0.717, 1.165) is 0 Å². The lowest BCUT2D eigenvalue weighted by Crippen LogP contribution is -2.36. The van der Waals surface area contributed by atoms with Crippen LogP contribution in [0, 0.1) is 0 Å². The number of nitrogens with zero attached hydrogens (tertiary/aromatic N) is 2. The minimum atomic E-state index is -0.791. The molecule has 0 amide bonds. The van der Waals surface area contributed by atoms with Crippen LogP contribution in [0.3, 0.4) is 0 Å². The highest BCUT2D eigenvalue weighted by molar-refractivity contribution is 7.98. The first kappa shape index (κ1) is 15.0. The Bertz CT molecular complexity index is 387. The Balaban J connectivity index is 2.66. The lowest BCUT2D eigenvalue weighted by Gasteiger charge is -2.22. The van der Waals surface area contributed by atoms with Gasteiger partial charge in [-0.1, -0.05) is 0 Å². The molecule has 0 aliphatic carbocycles. The van der Waals surface area contributed by atoms with Crippen molar-refractivity contribution in [3.63, 3.8) is 0 Å². The van der Waals surface area contributed by atoms with Gasteiger partial charge < -0.3 is 20.9 Å². The van der Waals surface area contributed by atoms with Crippen LogP contribution < -0.4 is 11.1 Å². The largest absolute Gasteiger partial charge is 0.387 e. The van der Waals surface area contributed by atoms with Crippen molar-refractivity contribution in [3.05, 3.63) is 11.9 Å². The number of nitrogens with two attached hydrogens (primary N) is 1. The molecule has 6 nitrogen and oxygen atoms in total. The van der Waals surface area contributed by atoms with Crippen LogP contribution in [0.4, 0.5) is 11.6 Å². The molecular weight excluding hydrogens is 252 g/mol. The second kappa shape index (κ2) is 6.77. The van der Waals surface area contributed by atoms with Crippen molar-refractivity contribution in [2.45, 2.75) is 19.1 Å². The number of methoxy groups -OCH3 is 1. The summed E-state index contributed by atoms with van der Waals surface area (Å²) in [5, 5.41) is 13.1. The molecule has 1 unspecified atom stereocenters. The fourth-order valence-corrected chi connectivity index (χ4v) is 2.17. The molecule has 0 radical (unpaired) electrons. The first-order valence-electron chi connectivity index (χ1n) is 5.54. The van der Waals surface area contributed by atoms with E-state index in [2.05, 4.69) is 15.3 Å². The van der Waals surface area contributed by atoms with Gasteiger partial charge in [-0.05, 0) is 13.2 Å². The molecule has 0 saturated heterocycles. The smallest absolute Gasteiger partial charge is 0.158 e. The van der Waals surface area contributed by atoms with Crippen molar-refractivity contribution in [3.8, 4) is 0 Å². The molecule has 0 aliphatic heterocycles. The fourth-order valence-electron chi connectivity index (χ4n) is 1.44. The lowest BCUT2D eigenvalue weighted by molar-refractivity contribution is 0.0996. The number of ether oxygens (including phenoxy) is 1. The highest BCUT2D eigenvalue weighted by atomic mass is 32.2. The van der Waals surface area contributed by atoms with E-state index in [1.54, 1.807) is 31.9 Å². The third kappa shape index (κ3) is 5.07. The van der Waals surface area contributed by atoms with Crippen LogP contribution in [-0.2, 0) is 11.3 Å². The summed E-state index contributed by atoms with van der Waals surface area (Å²) in [6, 6.07) is 1.63. The Kier molecular flexibility index (Phi) is 5.64. The van der Waals surface area contributed by atoms with Crippen molar-refractivity contribution in [2.24, 2.45) is 0 Å². The third-order valence-corrected chi connectivity index (χ3v) is 3.08. The van der Waals surface area contributed by atoms with E-state index in [9.17, 15) is 5.11 Å². The number of hydrogen-bond donors (Lipinski definition) is 3. The van der Waals surface area contributed by atoms with Gasteiger partial charge in [0.1, 0.15) is 18.2 Å². The van der Waals surface area contributed by atoms with Crippen molar-refractivity contribution >= 4 is 23.4 Å². The van der Waals surface area contributed by atoms with Gasteiger partial charge in [-0.3, -0.25) is 0 Å². The maximum atomic E-state index is 10.0. The first-order chi connectivity index (χ1) is 8.46. The molecule has 1 aromatic heterocycles. The number of rotatable bonds is 7. The zero-order chi connectivity index (χ0) is 13.6. The maximum Gasteiger partial charge on any atom is 0.158 e. The van der Waals surface area contributed by atoms with E-state index < -0.39 is 5.60 Å². The molecule has 0 spiro atoms. The molecule has 102 valence electrons. The molecule has 1 atom stereocenters. The molecule has 7 heteroatoms. The molecule has 1 rings (SSSR count). The number of nitrogen functional groups attached to an aromatic ring is 1. The third-order valence-electron chi connectivity index (χ3n) is 2.17. The standard InChI is InChI=1S/C11H20N4O2S/c1-11(16,7-18-3)6-13-9-4-8(12)14-10(15-9)5-17-2/h4,16H,5-7H2,1-3H3,(H3,12,13,14,15). The number of aromatic nitrogens is 2. The monoisotopic (exact) mass is 272 g/mol. The van der Waals surface area contributed by atoms with Gasteiger partial charge in [-0.25, -0.2) is 9.97 Å². The Morgan fingerprint density at radius 1 is 1.56 bits per heavy atom. The quantitative estimate of drug-likeness (QED) is 0.673. The van der Waals surface area contributed by atoms with Crippen LogP contribution in [0.15, 0.2) is 6.07 Å². The number of nitrogens with one attached hydrogen (secondary N) is 1. The maximum absolute atomic E-state index is 10.0. The van der Waals surface area contributed by atoms with E-state index in [1.807, 2.05) is 6.26 Å². The van der Waals surface area contributed by atoms with E-state index in [0.29, 0.717) is 36.4 Å². The molecule has 1 heterocycles. The van der Waals surface area contributed by atoms with E-state index in [4.69, 9.17) is 10.5 Å². The second-order valence-electron chi connectivity index (χ2n) is 4.31. The highest BCUT2D eigenvalue weighted by Gasteiger charge is 2.19. The minimum Gasteiger partial charge on any atom is -0.387 e. The van der Waals surface area contributed by atoms with Crippen LogP contribution in [-0.4, -0.2) is 46.3 Å². The molecular formula is C11H20N4O2S. The molecule has 0 aliphatic rings. The second-order valence-corrected chi connectivity index (χ2v) is 5.18. The SMILES string of the molecule is COCc1nc(N)cc(NCC(C)(O)CSC)n1. The Morgan fingerprint density at radius 3 is 2.89 bits per heavy atom. The average molecular weight is 272 g/mol. The van der Waals surface area contributed by atoms with Gasteiger partial charge in [0.05, 0.1) is 5.60 Å². The summed E-state index contributed by atoms with van der Waals surface area (Å²) < 4.78 is 4.96. The zero-order valence-electron chi connectivity index (χ0n) is 10.9. The number of hydrogen-bond acceptors (Lipinski definition) is 7. The van der Waals surface area contributed by atoms with Crippen LogP contribution in [0.25, 0.3) is 0 Å². The molecule has 1 aromatic rings. The lowest BCUT2D eigenvalue weighted by atomic mass is 10.1. The summed E-state index contributed by atoms with van der Waals surface area (Å²) in [5.74, 6) is 2.13. The zero-order valence-corrected chi connectivity index (χ0v) is 11.8.